The number of urea groups is 1. The predicted octanol–water partition coefficient (Wildman–Crippen LogP) is 2.02. The van der Waals surface area contributed by atoms with Crippen molar-refractivity contribution in [1.29, 1.82) is 0 Å². The summed E-state index contributed by atoms with van der Waals surface area (Å²) in [6, 6.07) is 7.64. The molecule has 2 aromatic rings. The third-order valence-electron chi connectivity index (χ3n) is 3.06. The number of nitrogens with one attached hydrogen (secondary N) is 1. The molecule has 2 rings (SSSR count). The van der Waals surface area contributed by atoms with Crippen LogP contribution in [-0.2, 0) is 15.3 Å². The Morgan fingerprint density at radius 2 is 2.08 bits per heavy atom. The van der Waals surface area contributed by atoms with Crippen molar-refractivity contribution < 1.29 is 23.6 Å². The average Bonchev–Trinajstić information content (AvgIpc) is 2.98. The fourth-order valence-corrected chi connectivity index (χ4v) is 2.82. The molecule has 132 valence electrons. The number of aryl methyl sites for hydroxylation is 1. The highest BCUT2D eigenvalue weighted by Gasteiger charge is 2.21. The minimum atomic E-state index is -1.16. The van der Waals surface area contributed by atoms with E-state index in [1.165, 1.54) is 18.7 Å². The topological polar surface area (TPSA) is 125 Å². The van der Waals surface area contributed by atoms with Gasteiger partial charge in [-0.15, -0.1) is 11.8 Å². The molecule has 25 heavy (non-hydrogen) atoms. The van der Waals surface area contributed by atoms with Gasteiger partial charge < -0.3 is 15.0 Å². The minimum absolute atomic E-state index is 0.312. The van der Waals surface area contributed by atoms with E-state index in [9.17, 15) is 14.4 Å². The van der Waals surface area contributed by atoms with Gasteiger partial charge in [-0.1, -0.05) is 17.3 Å². The van der Waals surface area contributed by atoms with E-state index >= 15 is 0 Å². The summed E-state index contributed by atoms with van der Waals surface area (Å²) in [6.07, 6.45) is -1.16. The van der Waals surface area contributed by atoms with Crippen LogP contribution in [0.15, 0.2) is 39.8 Å². The van der Waals surface area contributed by atoms with Gasteiger partial charge in [0.2, 0.25) is 0 Å². The van der Waals surface area contributed by atoms with Crippen LogP contribution in [0.4, 0.5) is 4.79 Å². The van der Waals surface area contributed by atoms with Crippen LogP contribution in [0.5, 0.6) is 0 Å². The molecule has 3 N–H and O–H groups in total. The normalized spacial score (nSPS) is 11.6. The van der Waals surface area contributed by atoms with Crippen LogP contribution in [-0.4, -0.2) is 29.2 Å². The zero-order valence-corrected chi connectivity index (χ0v) is 14.5. The number of amides is 3. The van der Waals surface area contributed by atoms with Gasteiger partial charge in [-0.25, -0.2) is 9.59 Å². The molecule has 1 aromatic carbocycles. The molecular weight excluding hydrogens is 346 g/mol. The second-order valence-electron chi connectivity index (χ2n) is 5.11. The van der Waals surface area contributed by atoms with Gasteiger partial charge in [0, 0.05) is 16.7 Å². The first-order valence-corrected chi connectivity index (χ1v) is 8.30. The number of imide groups is 1. The summed E-state index contributed by atoms with van der Waals surface area (Å²) in [5.41, 5.74) is 5.93. The molecule has 0 aliphatic heterocycles. The number of benzene rings is 1. The maximum atomic E-state index is 12.3. The van der Waals surface area contributed by atoms with Crippen LogP contribution in [0.3, 0.4) is 0 Å². The summed E-state index contributed by atoms with van der Waals surface area (Å²) in [6.45, 7) is 3.15. The molecule has 0 aliphatic carbocycles. The Morgan fingerprint density at radius 1 is 1.36 bits per heavy atom. The number of carbonyl (C=O) groups is 3. The van der Waals surface area contributed by atoms with Crippen LogP contribution < -0.4 is 11.1 Å². The first-order chi connectivity index (χ1) is 11.9. The summed E-state index contributed by atoms with van der Waals surface area (Å²) in [7, 11) is 0. The smallest absolute Gasteiger partial charge is 0.340 e. The lowest BCUT2D eigenvalue weighted by Crippen LogP contribution is -2.42. The van der Waals surface area contributed by atoms with Crippen LogP contribution in [0.1, 0.15) is 28.7 Å². The van der Waals surface area contributed by atoms with E-state index in [4.69, 9.17) is 15.0 Å². The molecule has 0 aliphatic rings. The van der Waals surface area contributed by atoms with Crippen molar-refractivity contribution in [2.45, 2.75) is 30.6 Å². The van der Waals surface area contributed by atoms with Crippen molar-refractivity contribution in [2.75, 3.05) is 0 Å². The molecule has 1 heterocycles. The third kappa shape index (κ3) is 5.35. The van der Waals surface area contributed by atoms with Gasteiger partial charge in [-0.3, -0.25) is 10.1 Å². The monoisotopic (exact) mass is 363 g/mol. The summed E-state index contributed by atoms with van der Waals surface area (Å²) in [4.78, 5) is 35.3. The molecule has 8 nitrogen and oxygen atoms in total. The van der Waals surface area contributed by atoms with E-state index in [1.807, 2.05) is 11.4 Å². The van der Waals surface area contributed by atoms with Crippen molar-refractivity contribution in [1.82, 2.24) is 10.5 Å². The lowest BCUT2D eigenvalue weighted by atomic mass is 10.2. The molecule has 0 saturated carbocycles. The highest BCUT2D eigenvalue weighted by Crippen LogP contribution is 2.27. The van der Waals surface area contributed by atoms with Crippen LogP contribution in [0.25, 0.3) is 0 Å². The number of thioether (sulfide) groups is 1. The highest BCUT2D eigenvalue weighted by molar-refractivity contribution is 7.98. The number of nitrogens with two attached hydrogens (primary N) is 1. The number of carbonyl (C=O) groups excluding carboxylic acids is 3. The van der Waals surface area contributed by atoms with E-state index in [-0.39, 0.29) is 0 Å². The van der Waals surface area contributed by atoms with Gasteiger partial charge in [-0.2, -0.15) is 0 Å². The lowest BCUT2D eigenvalue weighted by Gasteiger charge is -2.13. The van der Waals surface area contributed by atoms with Gasteiger partial charge >= 0.3 is 12.0 Å². The first kappa shape index (κ1) is 18.5. The standard InChI is InChI=1S/C16H17N3O5S/c1-9-7-11(19-24-9)8-25-13-6-4-3-5-12(13)15(21)23-10(2)14(20)18-16(17)22/h3-7,10H,8H2,1-2H3,(H3,17,18,20,22)/t10-/m0/s1. The first-order valence-electron chi connectivity index (χ1n) is 7.32. The minimum Gasteiger partial charge on any atom is -0.449 e. The molecule has 3 amide bonds. The second kappa shape index (κ2) is 8.34. The third-order valence-corrected chi connectivity index (χ3v) is 4.17. The molecule has 0 unspecified atom stereocenters. The van der Waals surface area contributed by atoms with Crippen molar-refractivity contribution in [3.63, 3.8) is 0 Å². The van der Waals surface area contributed by atoms with Crippen molar-refractivity contribution in [2.24, 2.45) is 5.73 Å². The predicted molar refractivity (Wildman–Crippen MR) is 89.8 cm³/mol. The fraction of sp³-hybridized carbons (Fsp3) is 0.250. The van der Waals surface area contributed by atoms with Crippen LogP contribution in [0.2, 0.25) is 0 Å². The van der Waals surface area contributed by atoms with E-state index in [2.05, 4.69) is 5.16 Å². The SMILES string of the molecule is Cc1cc(CSc2ccccc2C(=O)O[C@@H](C)C(=O)NC(N)=O)no1. The molecule has 1 aromatic heterocycles. The molecule has 0 spiro atoms. The quantitative estimate of drug-likeness (QED) is 0.594. The van der Waals surface area contributed by atoms with E-state index in [0.29, 0.717) is 22.0 Å². The Balaban J connectivity index is 2.04. The largest absolute Gasteiger partial charge is 0.449 e. The maximum Gasteiger partial charge on any atom is 0.340 e. The second-order valence-corrected chi connectivity index (χ2v) is 6.13. The molecular formula is C16H17N3O5S. The number of rotatable bonds is 6. The Kier molecular flexibility index (Phi) is 6.18. The van der Waals surface area contributed by atoms with Gasteiger partial charge in [-0.05, 0) is 26.0 Å². The number of nitrogens with zero attached hydrogens (tertiary/aromatic N) is 1. The Labute approximate surface area is 148 Å². The molecule has 0 saturated heterocycles. The molecule has 9 heteroatoms. The fourth-order valence-electron chi connectivity index (χ4n) is 1.90. The number of primary amides is 1. The van der Waals surface area contributed by atoms with Crippen molar-refractivity contribution in [3.05, 3.63) is 47.3 Å². The Morgan fingerprint density at radius 3 is 2.72 bits per heavy atom. The van der Waals surface area contributed by atoms with Gasteiger partial charge in [0.25, 0.3) is 5.91 Å². The van der Waals surface area contributed by atoms with E-state index < -0.39 is 24.0 Å². The number of aromatic nitrogens is 1. The number of esters is 1. The van der Waals surface area contributed by atoms with Gasteiger partial charge in [0.15, 0.2) is 6.10 Å². The zero-order valence-electron chi connectivity index (χ0n) is 13.6. The number of ether oxygens (including phenoxy) is 1. The zero-order chi connectivity index (χ0) is 18.4. The van der Waals surface area contributed by atoms with Crippen molar-refractivity contribution in [3.8, 4) is 0 Å². The van der Waals surface area contributed by atoms with Crippen molar-refractivity contribution >= 4 is 29.7 Å². The summed E-state index contributed by atoms with van der Waals surface area (Å²) in [5, 5.41) is 5.76. The van der Waals surface area contributed by atoms with E-state index in [0.717, 1.165) is 5.69 Å². The maximum absolute atomic E-state index is 12.3. The summed E-state index contributed by atoms with van der Waals surface area (Å²) < 4.78 is 10.1. The lowest BCUT2D eigenvalue weighted by molar-refractivity contribution is -0.127. The van der Waals surface area contributed by atoms with Crippen LogP contribution in [0, 0.1) is 6.92 Å². The molecule has 0 bridgehead atoms. The molecule has 1 atom stereocenters. The average molecular weight is 363 g/mol. The number of hydrogen-bond donors (Lipinski definition) is 2. The molecule has 0 fully saturated rings. The van der Waals surface area contributed by atoms with Gasteiger partial charge in [0.1, 0.15) is 5.76 Å². The highest BCUT2D eigenvalue weighted by atomic mass is 32.2. The Bertz CT molecular complexity index is 790. The summed E-state index contributed by atoms with van der Waals surface area (Å²) >= 11 is 1.39. The van der Waals surface area contributed by atoms with Gasteiger partial charge in [0.05, 0.1) is 11.3 Å². The Hall–Kier alpha value is -2.81. The van der Waals surface area contributed by atoms with Crippen LogP contribution >= 0.6 is 11.8 Å². The molecule has 0 radical (unpaired) electrons. The number of hydrogen-bond acceptors (Lipinski definition) is 7. The summed E-state index contributed by atoms with van der Waals surface area (Å²) in [5.74, 6) is -0.243. The van der Waals surface area contributed by atoms with E-state index in [1.54, 1.807) is 31.2 Å².